The zero-order chi connectivity index (χ0) is 20.9. The number of halogens is 2. The Bertz CT molecular complexity index is 947. The van der Waals surface area contributed by atoms with Crippen molar-refractivity contribution in [1.82, 2.24) is 25.1 Å². The number of ether oxygens (including phenoxy) is 1. The second-order valence-corrected chi connectivity index (χ2v) is 9.16. The average molecular weight is 431 g/mol. The molecule has 2 N–H and O–H groups in total. The number of aromatic nitrogens is 4. The molecule has 0 aromatic carbocycles. The van der Waals surface area contributed by atoms with Crippen molar-refractivity contribution in [2.45, 2.75) is 49.7 Å². The quantitative estimate of drug-likeness (QED) is 0.728. The molecule has 0 bridgehead atoms. The fourth-order valence-corrected chi connectivity index (χ4v) is 4.53. The van der Waals surface area contributed by atoms with Gasteiger partial charge in [-0.3, -0.25) is 10.00 Å². The van der Waals surface area contributed by atoms with Crippen LogP contribution in [0, 0.1) is 5.82 Å². The van der Waals surface area contributed by atoms with Crippen molar-refractivity contribution >= 4 is 17.5 Å². The zero-order valence-corrected chi connectivity index (χ0v) is 17.4. The Balaban J connectivity index is 1.21. The summed E-state index contributed by atoms with van der Waals surface area (Å²) in [5, 5.41) is 10.2. The summed E-state index contributed by atoms with van der Waals surface area (Å²) in [4.78, 5) is 13.5. The lowest BCUT2D eigenvalue weighted by Crippen LogP contribution is -2.56. The first-order chi connectivity index (χ1) is 15.1. The van der Waals surface area contributed by atoms with Gasteiger partial charge in [0.2, 0.25) is 5.82 Å². The number of piperazine rings is 1. The fraction of sp³-hybridized carbons (Fsp3) is 0.667. The molecule has 6 rings (SSSR count). The third-order valence-corrected chi connectivity index (χ3v) is 6.91. The Morgan fingerprint density at radius 2 is 1.84 bits per heavy atom. The van der Waals surface area contributed by atoms with Crippen LogP contribution in [0.1, 0.15) is 49.0 Å². The SMILES string of the molecule is Fc1c(Nc2cc([C@H]3C[C@H](F)C3)[nH]n2)nc(C2CC2)nc1N1CCN(C2COC2)CC1. The summed E-state index contributed by atoms with van der Waals surface area (Å²) in [5.41, 5.74) is 0.879. The lowest BCUT2D eigenvalue weighted by molar-refractivity contribution is -0.0661. The second kappa shape index (κ2) is 7.67. The number of H-pyrrole nitrogens is 1. The molecule has 0 unspecified atom stereocenters. The first-order valence-corrected chi connectivity index (χ1v) is 11.2. The summed E-state index contributed by atoms with van der Waals surface area (Å²) < 4.78 is 34.0. The molecule has 10 heteroatoms. The van der Waals surface area contributed by atoms with Gasteiger partial charge in [-0.2, -0.15) is 9.49 Å². The maximum atomic E-state index is 15.5. The molecule has 2 aliphatic carbocycles. The predicted octanol–water partition coefficient (Wildman–Crippen LogP) is 2.70. The maximum Gasteiger partial charge on any atom is 0.208 e. The highest BCUT2D eigenvalue weighted by atomic mass is 19.1. The van der Waals surface area contributed by atoms with Gasteiger partial charge in [-0.05, 0) is 25.7 Å². The highest BCUT2D eigenvalue weighted by Crippen LogP contribution is 2.41. The van der Waals surface area contributed by atoms with Crippen LogP contribution in [0.4, 0.5) is 26.2 Å². The van der Waals surface area contributed by atoms with Gasteiger partial charge in [0.1, 0.15) is 12.0 Å². The molecular weight excluding hydrogens is 404 g/mol. The molecule has 8 nitrogen and oxygen atoms in total. The lowest BCUT2D eigenvalue weighted by Gasteiger charge is -2.42. The summed E-state index contributed by atoms with van der Waals surface area (Å²) in [6, 6.07) is 2.32. The number of nitrogens with zero attached hydrogens (tertiary/aromatic N) is 5. The number of aromatic amines is 1. The van der Waals surface area contributed by atoms with Crippen LogP contribution in [-0.4, -0.2) is 76.7 Å². The molecule has 2 aliphatic heterocycles. The molecule has 166 valence electrons. The molecule has 0 spiro atoms. The molecule has 2 saturated heterocycles. The van der Waals surface area contributed by atoms with Gasteiger partial charge in [-0.1, -0.05) is 0 Å². The van der Waals surface area contributed by atoms with E-state index in [9.17, 15) is 4.39 Å². The molecule has 2 aromatic rings. The summed E-state index contributed by atoms with van der Waals surface area (Å²) >= 11 is 0. The van der Waals surface area contributed by atoms with E-state index in [0.29, 0.717) is 42.3 Å². The minimum atomic E-state index is -0.732. The van der Waals surface area contributed by atoms with Crippen LogP contribution < -0.4 is 10.2 Å². The first-order valence-electron chi connectivity index (χ1n) is 11.2. The highest BCUT2D eigenvalue weighted by Gasteiger charge is 2.34. The minimum Gasteiger partial charge on any atom is -0.378 e. The van der Waals surface area contributed by atoms with Crippen LogP contribution in [0.2, 0.25) is 0 Å². The standard InChI is InChI=1S/C21H27F2N7O/c22-14-7-13(8-14)16-9-17(28-27-16)24-20-18(23)21(26-19(25-20)12-1-2-12)30-5-3-29(4-6-30)15-10-31-11-15/h9,12-15H,1-8,10-11H2,(H2,24,25,26,27,28)/t13-,14-. The van der Waals surface area contributed by atoms with Gasteiger partial charge in [-0.25, -0.2) is 14.4 Å². The van der Waals surface area contributed by atoms with E-state index in [-0.39, 0.29) is 11.7 Å². The van der Waals surface area contributed by atoms with Gasteiger partial charge in [-0.15, -0.1) is 0 Å². The predicted molar refractivity (Wildman–Crippen MR) is 111 cm³/mol. The highest BCUT2D eigenvalue weighted by molar-refractivity contribution is 5.59. The second-order valence-electron chi connectivity index (χ2n) is 9.16. The normalized spacial score (nSPS) is 27.1. The van der Waals surface area contributed by atoms with Gasteiger partial charge in [0.25, 0.3) is 0 Å². The molecule has 4 heterocycles. The Hall–Kier alpha value is -2.33. The van der Waals surface area contributed by atoms with Crippen molar-refractivity contribution in [3.8, 4) is 0 Å². The molecule has 2 aromatic heterocycles. The minimum absolute atomic E-state index is 0.156. The number of rotatable bonds is 6. The van der Waals surface area contributed by atoms with E-state index >= 15 is 4.39 Å². The van der Waals surface area contributed by atoms with Gasteiger partial charge in [0, 0.05) is 49.8 Å². The van der Waals surface area contributed by atoms with E-state index < -0.39 is 12.0 Å². The molecule has 4 aliphatic rings. The third-order valence-electron chi connectivity index (χ3n) is 6.91. The Labute approximate surface area is 179 Å². The Morgan fingerprint density at radius 3 is 2.48 bits per heavy atom. The largest absolute Gasteiger partial charge is 0.378 e. The van der Waals surface area contributed by atoms with E-state index in [1.807, 2.05) is 11.0 Å². The van der Waals surface area contributed by atoms with Gasteiger partial charge < -0.3 is 15.0 Å². The molecule has 4 fully saturated rings. The van der Waals surface area contributed by atoms with E-state index in [2.05, 4.69) is 30.4 Å². The van der Waals surface area contributed by atoms with Crippen molar-refractivity contribution in [2.24, 2.45) is 0 Å². The van der Waals surface area contributed by atoms with Crippen LogP contribution >= 0.6 is 0 Å². The lowest BCUT2D eigenvalue weighted by atomic mass is 9.81. The van der Waals surface area contributed by atoms with E-state index in [0.717, 1.165) is 57.9 Å². The third kappa shape index (κ3) is 3.76. The zero-order valence-electron chi connectivity index (χ0n) is 17.4. The summed E-state index contributed by atoms with van der Waals surface area (Å²) in [5.74, 6) is 1.75. The number of nitrogens with one attached hydrogen (secondary N) is 2. The van der Waals surface area contributed by atoms with Crippen molar-refractivity contribution in [2.75, 3.05) is 49.6 Å². The molecule has 0 radical (unpaired) electrons. The van der Waals surface area contributed by atoms with Gasteiger partial charge in [0.15, 0.2) is 17.5 Å². The Kier molecular flexibility index (Phi) is 4.79. The van der Waals surface area contributed by atoms with Crippen LogP contribution in [0.25, 0.3) is 0 Å². The summed E-state index contributed by atoms with van der Waals surface area (Å²) in [7, 11) is 0. The molecule has 31 heavy (non-hydrogen) atoms. The molecule has 0 amide bonds. The number of hydrogen-bond donors (Lipinski definition) is 2. The number of hydrogen-bond acceptors (Lipinski definition) is 7. The Morgan fingerprint density at radius 1 is 1.06 bits per heavy atom. The number of anilines is 3. The topological polar surface area (TPSA) is 82.2 Å². The van der Waals surface area contributed by atoms with E-state index in [1.54, 1.807) is 0 Å². The monoisotopic (exact) mass is 431 g/mol. The average Bonchev–Trinajstić information content (AvgIpc) is 3.46. The van der Waals surface area contributed by atoms with Crippen molar-refractivity contribution in [3.63, 3.8) is 0 Å². The van der Waals surface area contributed by atoms with Crippen LogP contribution in [0.5, 0.6) is 0 Å². The van der Waals surface area contributed by atoms with Crippen molar-refractivity contribution in [3.05, 3.63) is 23.4 Å². The molecule has 2 saturated carbocycles. The van der Waals surface area contributed by atoms with Crippen molar-refractivity contribution < 1.29 is 13.5 Å². The number of alkyl halides is 1. The smallest absolute Gasteiger partial charge is 0.208 e. The summed E-state index contributed by atoms with van der Waals surface area (Å²) in [6.07, 6.45) is 2.37. The van der Waals surface area contributed by atoms with Crippen molar-refractivity contribution in [1.29, 1.82) is 0 Å². The van der Waals surface area contributed by atoms with Gasteiger partial charge in [0.05, 0.1) is 19.3 Å². The van der Waals surface area contributed by atoms with E-state index in [1.165, 1.54) is 0 Å². The fourth-order valence-electron chi connectivity index (χ4n) is 4.53. The van der Waals surface area contributed by atoms with Gasteiger partial charge >= 0.3 is 0 Å². The van der Waals surface area contributed by atoms with Crippen LogP contribution in [-0.2, 0) is 4.74 Å². The summed E-state index contributed by atoms with van der Waals surface area (Å²) in [6.45, 7) is 4.79. The van der Waals surface area contributed by atoms with Crippen LogP contribution in [0.3, 0.4) is 0 Å². The van der Waals surface area contributed by atoms with Crippen LogP contribution in [0.15, 0.2) is 6.07 Å². The molecular formula is C21H27F2N7O. The first kappa shape index (κ1) is 19.4. The van der Waals surface area contributed by atoms with E-state index in [4.69, 9.17) is 4.74 Å². The molecule has 0 atom stereocenters. The maximum absolute atomic E-state index is 15.5.